The molecule has 0 bridgehead atoms. The number of phenolic OH excluding ortho intramolecular Hbond substituents is 1. The first kappa shape index (κ1) is 10.8. The number of phenols is 1. The van der Waals surface area contributed by atoms with Gasteiger partial charge in [0.25, 0.3) is 0 Å². The van der Waals surface area contributed by atoms with Crippen molar-refractivity contribution in [1.82, 2.24) is 14.5 Å². The Kier molecular flexibility index (Phi) is 2.48. The Morgan fingerprint density at radius 1 is 1.17 bits per heavy atom. The number of para-hydroxylation sites is 1. The molecule has 90 valence electrons. The normalized spacial score (nSPS) is 10.9. The minimum atomic E-state index is 0.303. The van der Waals surface area contributed by atoms with Gasteiger partial charge >= 0.3 is 0 Å². The predicted molar refractivity (Wildman–Crippen MR) is 69.4 cm³/mol. The van der Waals surface area contributed by atoms with Gasteiger partial charge in [0.05, 0.1) is 5.52 Å². The van der Waals surface area contributed by atoms with E-state index in [-0.39, 0.29) is 0 Å². The van der Waals surface area contributed by atoms with E-state index in [1.165, 1.54) is 0 Å². The smallest absolute Gasteiger partial charge is 0.177 e. The van der Waals surface area contributed by atoms with Crippen LogP contribution in [0.15, 0.2) is 42.6 Å². The molecule has 0 saturated carbocycles. The summed E-state index contributed by atoms with van der Waals surface area (Å²) in [4.78, 5) is 8.72. The summed E-state index contributed by atoms with van der Waals surface area (Å²) in [5, 5.41) is 9.78. The Bertz CT molecular complexity index is 703. The highest BCUT2D eigenvalue weighted by atomic mass is 16.3. The number of hydrogen-bond donors (Lipinski definition) is 1. The van der Waals surface area contributed by atoms with Crippen LogP contribution in [0.2, 0.25) is 0 Å². The summed E-state index contributed by atoms with van der Waals surface area (Å²) in [6.45, 7) is 0. The quantitative estimate of drug-likeness (QED) is 0.746. The zero-order valence-electron chi connectivity index (χ0n) is 10.0. The predicted octanol–water partition coefficient (Wildman–Crippen LogP) is 2.26. The zero-order chi connectivity index (χ0) is 12.5. The van der Waals surface area contributed by atoms with Crippen molar-refractivity contribution in [2.45, 2.75) is 6.42 Å². The Morgan fingerprint density at radius 2 is 2.00 bits per heavy atom. The van der Waals surface area contributed by atoms with Crippen LogP contribution in [0.1, 0.15) is 11.4 Å². The average Bonchev–Trinajstić information content (AvgIpc) is 2.70. The van der Waals surface area contributed by atoms with Crippen molar-refractivity contribution in [2.24, 2.45) is 7.05 Å². The Balaban J connectivity index is 2.06. The molecule has 0 atom stereocenters. The molecule has 2 heterocycles. The summed E-state index contributed by atoms with van der Waals surface area (Å²) in [5.74, 6) is 1.20. The number of pyridine rings is 1. The SMILES string of the molecule is Cn1c(Cc2ccccc2O)nc2ncccc21. The van der Waals surface area contributed by atoms with E-state index in [4.69, 9.17) is 0 Å². The van der Waals surface area contributed by atoms with E-state index in [2.05, 4.69) is 9.97 Å². The molecule has 4 nitrogen and oxygen atoms in total. The molecule has 0 aliphatic carbocycles. The minimum absolute atomic E-state index is 0.303. The number of aryl methyl sites for hydroxylation is 1. The van der Waals surface area contributed by atoms with Gasteiger partial charge in [0.2, 0.25) is 0 Å². The van der Waals surface area contributed by atoms with Crippen molar-refractivity contribution in [2.75, 3.05) is 0 Å². The van der Waals surface area contributed by atoms with E-state index in [1.54, 1.807) is 12.3 Å². The van der Waals surface area contributed by atoms with Crippen molar-refractivity contribution in [3.8, 4) is 5.75 Å². The van der Waals surface area contributed by atoms with Crippen LogP contribution in [0.3, 0.4) is 0 Å². The Morgan fingerprint density at radius 3 is 2.78 bits per heavy atom. The minimum Gasteiger partial charge on any atom is -0.508 e. The fourth-order valence-corrected chi connectivity index (χ4v) is 2.06. The number of hydrogen-bond acceptors (Lipinski definition) is 3. The van der Waals surface area contributed by atoms with Crippen LogP contribution in [0.5, 0.6) is 5.75 Å². The molecule has 18 heavy (non-hydrogen) atoms. The first-order valence-electron chi connectivity index (χ1n) is 5.79. The van der Waals surface area contributed by atoms with Gasteiger partial charge in [-0.05, 0) is 18.2 Å². The largest absolute Gasteiger partial charge is 0.508 e. The summed E-state index contributed by atoms with van der Waals surface area (Å²) in [7, 11) is 1.96. The van der Waals surface area contributed by atoms with E-state index >= 15 is 0 Å². The van der Waals surface area contributed by atoms with Gasteiger partial charge in [0, 0.05) is 25.2 Å². The molecular formula is C14H13N3O. The average molecular weight is 239 g/mol. The molecule has 0 saturated heterocycles. The summed E-state index contributed by atoms with van der Waals surface area (Å²) in [6.07, 6.45) is 2.33. The van der Waals surface area contributed by atoms with Gasteiger partial charge in [-0.3, -0.25) is 0 Å². The van der Waals surface area contributed by atoms with Crippen LogP contribution in [-0.2, 0) is 13.5 Å². The fourth-order valence-electron chi connectivity index (χ4n) is 2.06. The number of aromatic nitrogens is 3. The highest BCUT2D eigenvalue weighted by Gasteiger charge is 2.10. The van der Waals surface area contributed by atoms with Gasteiger partial charge in [-0.2, -0.15) is 0 Å². The molecule has 0 unspecified atom stereocenters. The lowest BCUT2D eigenvalue weighted by Gasteiger charge is -2.04. The lowest BCUT2D eigenvalue weighted by molar-refractivity contribution is 0.469. The molecule has 3 aromatic rings. The molecule has 1 N–H and O–H groups in total. The summed E-state index contributed by atoms with van der Waals surface area (Å²) in [6, 6.07) is 11.2. The van der Waals surface area contributed by atoms with Crippen molar-refractivity contribution < 1.29 is 5.11 Å². The second-order valence-electron chi connectivity index (χ2n) is 4.24. The number of aromatic hydroxyl groups is 1. The molecular weight excluding hydrogens is 226 g/mol. The van der Waals surface area contributed by atoms with Crippen LogP contribution in [0, 0.1) is 0 Å². The summed E-state index contributed by atoms with van der Waals surface area (Å²) >= 11 is 0. The van der Waals surface area contributed by atoms with Crippen LogP contribution in [-0.4, -0.2) is 19.6 Å². The molecule has 0 aliphatic rings. The van der Waals surface area contributed by atoms with Gasteiger partial charge in [0.1, 0.15) is 11.6 Å². The number of nitrogens with zero attached hydrogens (tertiary/aromatic N) is 3. The number of fused-ring (bicyclic) bond motifs is 1. The molecule has 0 spiro atoms. The highest BCUT2D eigenvalue weighted by molar-refractivity contribution is 5.71. The molecule has 3 rings (SSSR count). The lowest BCUT2D eigenvalue weighted by atomic mass is 10.1. The second-order valence-corrected chi connectivity index (χ2v) is 4.24. The molecule has 0 radical (unpaired) electrons. The third-order valence-corrected chi connectivity index (χ3v) is 3.09. The highest BCUT2D eigenvalue weighted by Crippen LogP contribution is 2.21. The second kappa shape index (κ2) is 4.14. The van der Waals surface area contributed by atoms with Crippen LogP contribution < -0.4 is 0 Å². The van der Waals surface area contributed by atoms with Crippen LogP contribution in [0.25, 0.3) is 11.2 Å². The van der Waals surface area contributed by atoms with Gasteiger partial charge < -0.3 is 9.67 Å². The Labute approximate surface area is 105 Å². The maximum absolute atomic E-state index is 9.78. The van der Waals surface area contributed by atoms with E-state index in [1.807, 2.05) is 41.9 Å². The molecule has 4 heteroatoms. The topological polar surface area (TPSA) is 50.9 Å². The van der Waals surface area contributed by atoms with Gasteiger partial charge in [-0.1, -0.05) is 18.2 Å². The van der Waals surface area contributed by atoms with Crippen molar-refractivity contribution >= 4 is 11.2 Å². The summed E-state index contributed by atoms with van der Waals surface area (Å²) in [5.41, 5.74) is 2.62. The molecule has 2 aromatic heterocycles. The molecule has 0 aliphatic heterocycles. The standard InChI is InChI=1S/C14H13N3O/c1-17-11-6-4-8-15-14(11)16-13(17)9-10-5-2-3-7-12(10)18/h2-8,18H,9H2,1H3. The first-order chi connectivity index (χ1) is 8.75. The van der Waals surface area contributed by atoms with Crippen molar-refractivity contribution in [3.05, 3.63) is 54.0 Å². The van der Waals surface area contributed by atoms with Gasteiger partial charge in [0.15, 0.2) is 5.65 Å². The number of imidazole rings is 1. The monoisotopic (exact) mass is 239 g/mol. The lowest BCUT2D eigenvalue weighted by Crippen LogP contribution is -1.99. The third-order valence-electron chi connectivity index (χ3n) is 3.09. The number of benzene rings is 1. The summed E-state index contributed by atoms with van der Waals surface area (Å²) < 4.78 is 2.01. The third kappa shape index (κ3) is 1.72. The van der Waals surface area contributed by atoms with E-state index in [0.29, 0.717) is 12.2 Å². The first-order valence-corrected chi connectivity index (χ1v) is 5.79. The van der Waals surface area contributed by atoms with Crippen LogP contribution >= 0.6 is 0 Å². The molecule has 0 fully saturated rings. The Hall–Kier alpha value is -2.36. The fraction of sp³-hybridized carbons (Fsp3) is 0.143. The van der Waals surface area contributed by atoms with E-state index < -0.39 is 0 Å². The van der Waals surface area contributed by atoms with Gasteiger partial charge in [-0.25, -0.2) is 9.97 Å². The molecule has 1 aromatic carbocycles. The van der Waals surface area contributed by atoms with E-state index in [0.717, 1.165) is 22.6 Å². The maximum atomic E-state index is 9.78. The van der Waals surface area contributed by atoms with E-state index in [9.17, 15) is 5.11 Å². The van der Waals surface area contributed by atoms with Crippen molar-refractivity contribution in [3.63, 3.8) is 0 Å². The number of rotatable bonds is 2. The maximum Gasteiger partial charge on any atom is 0.177 e. The van der Waals surface area contributed by atoms with Crippen molar-refractivity contribution in [1.29, 1.82) is 0 Å². The zero-order valence-corrected chi connectivity index (χ0v) is 10.0. The molecule has 0 amide bonds. The van der Waals surface area contributed by atoms with Crippen LogP contribution in [0.4, 0.5) is 0 Å². The van der Waals surface area contributed by atoms with Gasteiger partial charge in [-0.15, -0.1) is 0 Å².